The van der Waals surface area contributed by atoms with Crippen molar-refractivity contribution in [1.82, 2.24) is 4.57 Å². The largest absolute Gasteiger partial charge is 0.420 e. The van der Waals surface area contributed by atoms with Crippen molar-refractivity contribution in [3.05, 3.63) is 34.1 Å². The summed E-state index contributed by atoms with van der Waals surface area (Å²) in [7, 11) is 0. The van der Waals surface area contributed by atoms with Crippen LogP contribution in [0, 0.1) is 12.7 Å². The predicted molar refractivity (Wildman–Crippen MR) is 67.3 cm³/mol. The van der Waals surface area contributed by atoms with Gasteiger partial charge in [-0.3, -0.25) is 4.57 Å². The average molecular weight is 249 g/mol. The fourth-order valence-electron chi connectivity index (χ4n) is 2.84. The van der Waals surface area contributed by atoms with Gasteiger partial charge in [-0.1, -0.05) is 19.3 Å². The molecule has 0 N–H and O–H groups in total. The van der Waals surface area contributed by atoms with Gasteiger partial charge in [0, 0.05) is 12.1 Å². The van der Waals surface area contributed by atoms with Crippen LogP contribution in [-0.2, 0) is 0 Å². The van der Waals surface area contributed by atoms with E-state index in [0.29, 0.717) is 11.1 Å². The average Bonchev–Trinajstić information content (AvgIpc) is 2.66. The van der Waals surface area contributed by atoms with Crippen molar-refractivity contribution in [2.45, 2.75) is 45.1 Å². The number of benzene rings is 1. The zero-order valence-corrected chi connectivity index (χ0v) is 10.4. The Morgan fingerprint density at radius 3 is 2.72 bits per heavy atom. The molecule has 0 aliphatic heterocycles. The lowest BCUT2D eigenvalue weighted by molar-refractivity contribution is 0.336. The Bertz CT molecular complexity index is 635. The van der Waals surface area contributed by atoms with E-state index in [9.17, 15) is 9.18 Å². The molecule has 0 atom stereocenters. The summed E-state index contributed by atoms with van der Waals surface area (Å²) >= 11 is 0. The van der Waals surface area contributed by atoms with Gasteiger partial charge in [-0.05, 0) is 31.4 Å². The van der Waals surface area contributed by atoms with Crippen molar-refractivity contribution in [2.24, 2.45) is 0 Å². The molecular formula is C14H16FNO2. The SMILES string of the molecule is Cc1cc2c(cc1F)oc(=O)n2C1CCCCC1. The summed E-state index contributed by atoms with van der Waals surface area (Å²) < 4.78 is 20.3. The van der Waals surface area contributed by atoms with Crippen molar-refractivity contribution >= 4 is 11.1 Å². The zero-order valence-electron chi connectivity index (χ0n) is 10.4. The molecule has 0 spiro atoms. The molecule has 0 saturated heterocycles. The summed E-state index contributed by atoms with van der Waals surface area (Å²) in [5.74, 6) is -0.686. The molecule has 2 aromatic rings. The maximum absolute atomic E-state index is 13.5. The number of hydrogen-bond donors (Lipinski definition) is 0. The van der Waals surface area contributed by atoms with Crippen LogP contribution in [0.25, 0.3) is 11.1 Å². The normalized spacial score (nSPS) is 17.4. The zero-order chi connectivity index (χ0) is 12.7. The molecule has 1 aromatic carbocycles. The lowest BCUT2D eigenvalue weighted by atomic mass is 9.95. The minimum atomic E-state index is -0.359. The summed E-state index contributed by atoms with van der Waals surface area (Å²) in [6.45, 7) is 1.71. The number of aryl methyl sites for hydroxylation is 1. The minimum absolute atomic E-state index is 0.206. The third-order valence-corrected chi connectivity index (χ3v) is 3.83. The van der Waals surface area contributed by atoms with E-state index in [4.69, 9.17) is 4.42 Å². The molecule has 1 aromatic heterocycles. The molecule has 1 saturated carbocycles. The van der Waals surface area contributed by atoms with Crippen LogP contribution >= 0.6 is 0 Å². The van der Waals surface area contributed by atoms with E-state index in [-0.39, 0.29) is 17.6 Å². The Balaban J connectivity index is 2.18. The van der Waals surface area contributed by atoms with Crippen LogP contribution < -0.4 is 5.76 Å². The first-order valence-electron chi connectivity index (χ1n) is 6.48. The molecule has 18 heavy (non-hydrogen) atoms. The lowest BCUT2D eigenvalue weighted by Gasteiger charge is -2.22. The number of halogens is 1. The molecule has 96 valence electrons. The van der Waals surface area contributed by atoms with Gasteiger partial charge in [0.1, 0.15) is 5.82 Å². The number of rotatable bonds is 1. The second-order valence-electron chi connectivity index (χ2n) is 5.10. The Labute approximate surface area is 104 Å². The molecule has 1 fully saturated rings. The Morgan fingerprint density at radius 2 is 2.00 bits per heavy atom. The number of oxazole rings is 1. The third-order valence-electron chi connectivity index (χ3n) is 3.83. The monoisotopic (exact) mass is 249 g/mol. The number of fused-ring (bicyclic) bond motifs is 1. The third kappa shape index (κ3) is 1.76. The second-order valence-corrected chi connectivity index (χ2v) is 5.10. The topological polar surface area (TPSA) is 35.1 Å². The van der Waals surface area contributed by atoms with Crippen molar-refractivity contribution < 1.29 is 8.81 Å². The highest BCUT2D eigenvalue weighted by Crippen LogP contribution is 2.30. The standard InChI is InChI=1S/C14H16FNO2/c1-9-7-12-13(8-11(9)15)18-14(17)16(12)10-5-3-2-4-6-10/h7-8,10H,2-6H2,1H3. The van der Waals surface area contributed by atoms with Crippen LogP contribution in [0.2, 0.25) is 0 Å². The molecule has 1 heterocycles. The Hall–Kier alpha value is -1.58. The van der Waals surface area contributed by atoms with Crippen LogP contribution in [0.3, 0.4) is 0 Å². The van der Waals surface area contributed by atoms with Crippen LogP contribution in [0.5, 0.6) is 0 Å². The summed E-state index contributed by atoms with van der Waals surface area (Å²) in [6, 6.07) is 3.23. The van der Waals surface area contributed by atoms with Gasteiger partial charge in [0.25, 0.3) is 0 Å². The molecule has 0 amide bonds. The van der Waals surface area contributed by atoms with E-state index in [1.807, 2.05) is 0 Å². The van der Waals surface area contributed by atoms with E-state index in [2.05, 4.69) is 0 Å². The number of nitrogens with zero attached hydrogens (tertiary/aromatic N) is 1. The highest BCUT2D eigenvalue weighted by Gasteiger charge is 2.21. The lowest BCUT2D eigenvalue weighted by Crippen LogP contribution is -2.22. The van der Waals surface area contributed by atoms with Crippen LogP contribution in [0.1, 0.15) is 43.7 Å². The van der Waals surface area contributed by atoms with Gasteiger partial charge in [0.2, 0.25) is 0 Å². The fourth-order valence-corrected chi connectivity index (χ4v) is 2.84. The molecule has 0 radical (unpaired) electrons. The molecule has 1 aliphatic carbocycles. The molecule has 0 bridgehead atoms. The van der Waals surface area contributed by atoms with E-state index >= 15 is 0 Å². The van der Waals surface area contributed by atoms with Crippen LogP contribution in [0.4, 0.5) is 4.39 Å². The van der Waals surface area contributed by atoms with Crippen molar-refractivity contribution in [2.75, 3.05) is 0 Å². The van der Waals surface area contributed by atoms with Crippen LogP contribution in [0.15, 0.2) is 21.3 Å². The van der Waals surface area contributed by atoms with Gasteiger partial charge in [0.05, 0.1) is 5.52 Å². The van der Waals surface area contributed by atoms with Gasteiger partial charge in [-0.2, -0.15) is 0 Å². The maximum Gasteiger partial charge on any atom is 0.420 e. The predicted octanol–water partition coefficient (Wildman–Crippen LogP) is 3.55. The summed E-state index contributed by atoms with van der Waals surface area (Å²) in [6.07, 6.45) is 5.53. The van der Waals surface area contributed by atoms with E-state index in [0.717, 1.165) is 31.2 Å². The molecular weight excluding hydrogens is 233 g/mol. The maximum atomic E-state index is 13.5. The van der Waals surface area contributed by atoms with E-state index < -0.39 is 0 Å². The molecule has 1 aliphatic rings. The first kappa shape index (κ1) is 11.5. The summed E-state index contributed by atoms with van der Waals surface area (Å²) in [5.41, 5.74) is 1.63. The molecule has 3 nitrogen and oxygen atoms in total. The van der Waals surface area contributed by atoms with Crippen molar-refractivity contribution in [3.63, 3.8) is 0 Å². The first-order chi connectivity index (χ1) is 8.66. The minimum Gasteiger partial charge on any atom is -0.408 e. The summed E-state index contributed by atoms with van der Waals surface area (Å²) in [5, 5.41) is 0. The van der Waals surface area contributed by atoms with Crippen molar-refractivity contribution in [3.8, 4) is 0 Å². The van der Waals surface area contributed by atoms with E-state index in [1.54, 1.807) is 17.6 Å². The van der Waals surface area contributed by atoms with Gasteiger partial charge in [-0.15, -0.1) is 0 Å². The molecule has 0 unspecified atom stereocenters. The Morgan fingerprint density at radius 1 is 1.28 bits per heavy atom. The van der Waals surface area contributed by atoms with Crippen molar-refractivity contribution in [1.29, 1.82) is 0 Å². The van der Waals surface area contributed by atoms with Gasteiger partial charge < -0.3 is 4.42 Å². The molecule has 3 rings (SSSR count). The van der Waals surface area contributed by atoms with E-state index in [1.165, 1.54) is 12.5 Å². The molecule has 4 heteroatoms. The van der Waals surface area contributed by atoms with Crippen LogP contribution in [-0.4, -0.2) is 4.57 Å². The van der Waals surface area contributed by atoms with Gasteiger partial charge in [-0.25, -0.2) is 9.18 Å². The fraction of sp³-hybridized carbons (Fsp3) is 0.500. The highest BCUT2D eigenvalue weighted by atomic mass is 19.1. The van der Waals surface area contributed by atoms with Gasteiger partial charge >= 0.3 is 5.76 Å². The highest BCUT2D eigenvalue weighted by molar-refractivity contribution is 5.74. The smallest absolute Gasteiger partial charge is 0.408 e. The first-order valence-corrected chi connectivity index (χ1v) is 6.48. The second kappa shape index (κ2) is 4.26. The van der Waals surface area contributed by atoms with Gasteiger partial charge in [0.15, 0.2) is 5.58 Å². The number of aromatic nitrogens is 1. The Kier molecular flexibility index (Phi) is 2.73. The quantitative estimate of drug-likeness (QED) is 0.774. The number of hydrogen-bond acceptors (Lipinski definition) is 2. The summed E-state index contributed by atoms with van der Waals surface area (Å²) in [4.78, 5) is 11.9.